The lowest BCUT2D eigenvalue weighted by atomic mass is 10.2. The third-order valence-electron chi connectivity index (χ3n) is 2.49. The van der Waals surface area contributed by atoms with Crippen LogP contribution in [0.25, 0.3) is 22.6 Å². The summed E-state index contributed by atoms with van der Waals surface area (Å²) in [6.07, 6.45) is 3.01. The molecule has 0 fully saturated rings. The van der Waals surface area contributed by atoms with Gasteiger partial charge in [-0.1, -0.05) is 12.1 Å². The van der Waals surface area contributed by atoms with Crippen LogP contribution in [-0.2, 0) is 0 Å². The van der Waals surface area contributed by atoms with Crippen molar-refractivity contribution in [3.8, 4) is 11.4 Å². The number of hydrogen-bond acceptors (Lipinski definition) is 5. The van der Waals surface area contributed by atoms with Crippen molar-refractivity contribution in [3.63, 3.8) is 0 Å². The average molecular weight is 241 g/mol. The largest absolute Gasteiger partial charge is 0.335 e. The van der Waals surface area contributed by atoms with Crippen LogP contribution in [0.15, 0.2) is 36.8 Å². The first-order valence-corrected chi connectivity index (χ1v) is 5.14. The first kappa shape index (κ1) is 10.3. The summed E-state index contributed by atoms with van der Waals surface area (Å²) in [7, 11) is 0. The van der Waals surface area contributed by atoms with E-state index in [0.29, 0.717) is 22.6 Å². The first-order chi connectivity index (χ1) is 8.74. The van der Waals surface area contributed by atoms with E-state index in [1.807, 2.05) is 0 Å². The van der Waals surface area contributed by atoms with Crippen molar-refractivity contribution < 1.29 is 4.92 Å². The van der Waals surface area contributed by atoms with Gasteiger partial charge in [-0.2, -0.15) is 0 Å². The van der Waals surface area contributed by atoms with E-state index in [-0.39, 0.29) is 5.69 Å². The molecule has 88 valence electrons. The summed E-state index contributed by atoms with van der Waals surface area (Å²) < 4.78 is 0. The molecule has 0 aliphatic carbocycles. The van der Waals surface area contributed by atoms with Gasteiger partial charge in [-0.05, 0) is 0 Å². The summed E-state index contributed by atoms with van der Waals surface area (Å²) in [5.41, 5.74) is 1.90. The Kier molecular flexibility index (Phi) is 2.23. The molecule has 0 saturated carbocycles. The number of nitro groups is 1. The SMILES string of the molecule is O=[N+]([O-])c1cccc(-c2nc3ncncc3[nH]2)c1. The van der Waals surface area contributed by atoms with Gasteiger partial charge in [0.1, 0.15) is 17.7 Å². The Bertz CT molecular complexity index is 704. The van der Waals surface area contributed by atoms with Crippen LogP contribution in [0, 0.1) is 10.1 Å². The summed E-state index contributed by atoms with van der Waals surface area (Å²) >= 11 is 0. The molecule has 2 aromatic heterocycles. The molecule has 0 aliphatic rings. The zero-order valence-corrected chi connectivity index (χ0v) is 9.07. The quantitative estimate of drug-likeness (QED) is 0.546. The Morgan fingerprint density at radius 2 is 2.22 bits per heavy atom. The van der Waals surface area contributed by atoms with Gasteiger partial charge in [0.05, 0.1) is 11.1 Å². The highest BCUT2D eigenvalue weighted by molar-refractivity contribution is 5.75. The Hall–Kier alpha value is -2.83. The first-order valence-electron chi connectivity index (χ1n) is 5.14. The number of benzene rings is 1. The minimum atomic E-state index is -0.439. The fourth-order valence-electron chi connectivity index (χ4n) is 1.67. The summed E-state index contributed by atoms with van der Waals surface area (Å²) in [4.78, 5) is 25.4. The van der Waals surface area contributed by atoms with Crippen LogP contribution in [0.5, 0.6) is 0 Å². The van der Waals surface area contributed by atoms with Crippen LogP contribution in [-0.4, -0.2) is 24.9 Å². The van der Waals surface area contributed by atoms with Gasteiger partial charge in [0.15, 0.2) is 5.65 Å². The molecule has 7 nitrogen and oxygen atoms in total. The van der Waals surface area contributed by atoms with Gasteiger partial charge < -0.3 is 4.98 Å². The lowest BCUT2D eigenvalue weighted by Gasteiger charge is -1.96. The zero-order valence-electron chi connectivity index (χ0n) is 9.07. The van der Waals surface area contributed by atoms with Crippen LogP contribution < -0.4 is 0 Å². The maximum Gasteiger partial charge on any atom is 0.270 e. The predicted molar refractivity (Wildman–Crippen MR) is 63.8 cm³/mol. The third-order valence-corrected chi connectivity index (χ3v) is 2.49. The summed E-state index contributed by atoms with van der Waals surface area (Å²) in [5.74, 6) is 0.536. The number of hydrogen-bond donors (Lipinski definition) is 1. The molecule has 3 aromatic rings. The maximum absolute atomic E-state index is 10.7. The molecule has 0 spiro atoms. The number of H-pyrrole nitrogens is 1. The molecular formula is C11H7N5O2. The molecular weight excluding hydrogens is 234 g/mol. The molecule has 7 heteroatoms. The number of nitrogens with zero attached hydrogens (tertiary/aromatic N) is 4. The zero-order chi connectivity index (χ0) is 12.5. The van der Waals surface area contributed by atoms with Gasteiger partial charge in [-0.25, -0.2) is 15.0 Å². The second-order valence-electron chi connectivity index (χ2n) is 3.65. The lowest BCUT2D eigenvalue weighted by molar-refractivity contribution is -0.384. The molecule has 1 N–H and O–H groups in total. The second-order valence-corrected chi connectivity index (χ2v) is 3.65. The molecule has 0 unspecified atom stereocenters. The Morgan fingerprint density at radius 3 is 3.00 bits per heavy atom. The number of rotatable bonds is 2. The minimum Gasteiger partial charge on any atom is -0.335 e. The number of fused-ring (bicyclic) bond motifs is 1. The molecule has 0 bridgehead atoms. The second kappa shape index (κ2) is 3.88. The van der Waals surface area contributed by atoms with E-state index in [0.717, 1.165) is 0 Å². The summed E-state index contributed by atoms with van der Waals surface area (Å²) in [6, 6.07) is 6.27. The molecule has 0 atom stereocenters. The third kappa shape index (κ3) is 1.67. The van der Waals surface area contributed by atoms with Crippen molar-refractivity contribution in [1.29, 1.82) is 0 Å². The fourth-order valence-corrected chi connectivity index (χ4v) is 1.67. The highest BCUT2D eigenvalue weighted by Crippen LogP contribution is 2.22. The van der Waals surface area contributed by atoms with Crippen molar-refractivity contribution >= 4 is 16.9 Å². The van der Waals surface area contributed by atoms with E-state index in [9.17, 15) is 10.1 Å². The number of non-ortho nitro benzene ring substituents is 1. The number of aromatic amines is 1. The van der Waals surface area contributed by atoms with Gasteiger partial charge >= 0.3 is 0 Å². The molecule has 0 amide bonds. The van der Waals surface area contributed by atoms with Crippen molar-refractivity contribution in [2.24, 2.45) is 0 Å². The van der Waals surface area contributed by atoms with E-state index >= 15 is 0 Å². The molecule has 2 heterocycles. The minimum absolute atomic E-state index is 0.0269. The van der Waals surface area contributed by atoms with Crippen LogP contribution in [0.2, 0.25) is 0 Å². The monoisotopic (exact) mass is 241 g/mol. The smallest absolute Gasteiger partial charge is 0.270 e. The van der Waals surface area contributed by atoms with Crippen LogP contribution in [0.4, 0.5) is 5.69 Å². The Labute approximate surface area is 101 Å². The molecule has 0 aliphatic heterocycles. The van der Waals surface area contributed by atoms with Crippen molar-refractivity contribution in [1.82, 2.24) is 19.9 Å². The van der Waals surface area contributed by atoms with Gasteiger partial charge in [0.2, 0.25) is 0 Å². The number of aromatic nitrogens is 4. The van der Waals surface area contributed by atoms with E-state index in [1.54, 1.807) is 18.3 Å². The van der Waals surface area contributed by atoms with Crippen molar-refractivity contribution in [2.45, 2.75) is 0 Å². The van der Waals surface area contributed by atoms with Gasteiger partial charge in [0.25, 0.3) is 5.69 Å². The fraction of sp³-hybridized carbons (Fsp3) is 0. The lowest BCUT2D eigenvalue weighted by Crippen LogP contribution is -1.88. The number of imidazole rings is 1. The Balaban J connectivity index is 2.13. The summed E-state index contributed by atoms with van der Waals surface area (Å²) in [6.45, 7) is 0. The maximum atomic E-state index is 10.7. The van der Waals surface area contributed by atoms with Gasteiger partial charge in [-0.15, -0.1) is 0 Å². The normalized spacial score (nSPS) is 10.7. The van der Waals surface area contributed by atoms with E-state index in [4.69, 9.17) is 0 Å². The van der Waals surface area contributed by atoms with Crippen molar-refractivity contribution in [2.75, 3.05) is 0 Å². The number of nitrogens with one attached hydrogen (secondary N) is 1. The van der Waals surface area contributed by atoms with E-state index in [1.165, 1.54) is 18.5 Å². The number of nitro benzene ring substituents is 1. The van der Waals surface area contributed by atoms with E-state index in [2.05, 4.69) is 19.9 Å². The van der Waals surface area contributed by atoms with Gasteiger partial charge in [-0.3, -0.25) is 10.1 Å². The molecule has 0 radical (unpaired) electrons. The highest BCUT2D eigenvalue weighted by atomic mass is 16.6. The average Bonchev–Trinajstić information content (AvgIpc) is 2.82. The topological polar surface area (TPSA) is 97.6 Å². The molecule has 1 aromatic carbocycles. The Morgan fingerprint density at radius 1 is 1.33 bits per heavy atom. The van der Waals surface area contributed by atoms with Crippen LogP contribution in [0.3, 0.4) is 0 Å². The molecule has 0 saturated heterocycles. The molecule has 18 heavy (non-hydrogen) atoms. The van der Waals surface area contributed by atoms with Crippen LogP contribution >= 0.6 is 0 Å². The predicted octanol–water partition coefficient (Wildman–Crippen LogP) is 1.93. The van der Waals surface area contributed by atoms with Crippen molar-refractivity contribution in [3.05, 3.63) is 46.9 Å². The van der Waals surface area contributed by atoms with E-state index < -0.39 is 4.92 Å². The standard InChI is InChI=1S/C11H7N5O2/c17-16(18)8-3-1-2-7(4-8)10-14-9-5-12-6-13-11(9)15-10/h1-6H,(H,12,13,14,15). The molecule has 3 rings (SSSR count). The van der Waals surface area contributed by atoms with Crippen LogP contribution in [0.1, 0.15) is 0 Å². The highest BCUT2D eigenvalue weighted by Gasteiger charge is 2.10. The van der Waals surface area contributed by atoms with Gasteiger partial charge in [0, 0.05) is 17.7 Å². The summed E-state index contributed by atoms with van der Waals surface area (Å²) in [5, 5.41) is 10.7.